The summed E-state index contributed by atoms with van der Waals surface area (Å²) in [6.07, 6.45) is 0.907. The van der Waals surface area contributed by atoms with Crippen molar-refractivity contribution in [2.45, 2.75) is 20.3 Å². The Kier molecular flexibility index (Phi) is 2.97. The van der Waals surface area contributed by atoms with Crippen LogP contribution in [0.25, 0.3) is 0 Å². The number of amides is 1. The summed E-state index contributed by atoms with van der Waals surface area (Å²) in [6, 6.07) is 7.87. The maximum absolute atomic E-state index is 12.1. The minimum absolute atomic E-state index is 0.117. The van der Waals surface area contributed by atoms with Crippen molar-refractivity contribution in [3.63, 3.8) is 0 Å². The number of carbonyl (C=O) groups is 1. The summed E-state index contributed by atoms with van der Waals surface area (Å²) >= 11 is 0. The number of anilines is 1. The summed E-state index contributed by atoms with van der Waals surface area (Å²) in [4.78, 5) is 12.1. The number of hydrogen-bond donors (Lipinski definition) is 2. The molecular weight excluding hydrogens is 200 g/mol. The lowest BCUT2D eigenvalue weighted by Gasteiger charge is -2.22. The molecule has 1 aromatic carbocycles. The van der Waals surface area contributed by atoms with Crippen LogP contribution in [-0.4, -0.2) is 19.0 Å². The van der Waals surface area contributed by atoms with E-state index in [1.54, 1.807) is 0 Å². The Labute approximate surface area is 96.2 Å². The fourth-order valence-corrected chi connectivity index (χ4v) is 2.00. The first-order valence-corrected chi connectivity index (χ1v) is 5.70. The molecule has 1 saturated heterocycles. The predicted octanol–water partition coefficient (Wildman–Crippen LogP) is 1.93. The van der Waals surface area contributed by atoms with E-state index in [0.29, 0.717) is 0 Å². The van der Waals surface area contributed by atoms with Gasteiger partial charge in [-0.1, -0.05) is 18.2 Å². The molecule has 86 valence electrons. The molecule has 0 radical (unpaired) electrons. The molecule has 1 atom stereocenters. The van der Waals surface area contributed by atoms with Gasteiger partial charge in [-0.3, -0.25) is 4.79 Å². The molecule has 0 aromatic heterocycles. The molecule has 16 heavy (non-hydrogen) atoms. The molecule has 0 aliphatic carbocycles. The summed E-state index contributed by atoms with van der Waals surface area (Å²) < 4.78 is 0. The number of aryl methyl sites for hydroxylation is 1. The van der Waals surface area contributed by atoms with E-state index in [1.165, 1.54) is 0 Å². The first-order valence-electron chi connectivity index (χ1n) is 5.70. The SMILES string of the molecule is Cc1ccccc1NC(=O)C1(C)CCNC1. The van der Waals surface area contributed by atoms with Crippen LogP contribution in [0.5, 0.6) is 0 Å². The summed E-state index contributed by atoms with van der Waals surface area (Å²) in [5, 5.41) is 6.25. The maximum atomic E-state index is 12.1. The Balaban J connectivity index is 2.10. The molecule has 3 nitrogen and oxygen atoms in total. The van der Waals surface area contributed by atoms with E-state index in [9.17, 15) is 4.79 Å². The Morgan fingerprint density at radius 2 is 2.19 bits per heavy atom. The molecule has 2 rings (SSSR count). The van der Waals surface area contributed by atoms with Crippen molar-refractivity contribution in [3.05, 3.63) is 29.8 Å². The molecule has 1 amide bonds. The van der Waals surface area contributed by atoms with Gasteiger partial charge in [0.15, 0.2) is 0 Å². The third-order valence-electron chi connectivity index (χ3n) is 3.31. The molecule has 0 bridgehead atoms. The average Bonchev–Trinajstić information content (AvgIpc) is 2.70. The predicted molar refractivity (Wildman–Crippen MR) is 65.4 cm³/mol. The molecule has 1 unspecified atom stereocenters. The van der Waals surface area contributed by atoms with Crippen molar-refractivity contribution in [1.29, 1.82) is 0 Å². The van der Waals surface area contributed by atoms with Crippen LogP contribution in [0.4, 0.5) is 5.69 Å². The van der Waals surface area contributed by atoms with Crippen LogP contribution in [0.15, 0.2) is 24.3 Å². The molecule has 3 heteroatoms. The molecule has 2 N–H and O–H groups in total. The van der Waals surface area contributed by atoms with E-state index in [4.69, 9.17) is 0 Å². The molecule has 1 aromatic rings. The van der Waals surface area contributed by atoms with E-state index in [1.807, 2.05) is 38.1 Å². The Morgan fingerprint density at radius 1 is 1.44 bits per heavy atom. The second-order valence-corrected chi connectivity index (χ2v) is 4.76. The van der Waals surface area contributed by atoms with E-state index in [2.05, 4.69) is 10.6 Å². The summed E-state index contributed by atoms with van der Waals surface area (Å²) in [6.45, 7) is 5.72. The molecule has 1 heterocycles. The van der Waals surface area contributed by atoms with Gasteiger partial charge in [0.05, 0.1) is 5.41 Å². The summed E-state index contributed by atoms with van der Waals surface area (Å²) in [5.41, 5.74) is 1.76. The van der Waals surface area contributed by atoms with Crippen LogP contribution < -0.4 is 10.6 Å². The fourth-order valence-electron chi connectivity index (χ4n) is 2.00. The number of hydrogen-bond acceptors (Lipinski definition) is 2. The van der Waals surface area contributed by atoms with E-state index < -0.39 is 0 Å². The molecule has 1 aliphatic rings. The van der Waals surface area contributed by atoms with Gasteiger partial charge in [-0.15, -0.1) is 0 Å². The minimum Gasteiger partial charge on any atom is -0.325 e. The fraction of sp³-hybridized carbons (Fsp3) is 0.462. The largest absolute Gasteiger partial charge is 0.325 e. The van der Waals surface area contributed by atoms with Crippen LogP contribution in [0, 0.1) is 12.3 Å². The van der Waals surface area contributed by atoms with Crippen molar-refractivity contribution >= 4 is 11.6 Å². The highest BCUT2D eigenvalue weighted by molar-refractivity contribution is 5.96. The average molecular weight is 218 g/mol. The van der Waals surface area contributed by atoms with Gasteiger partial charge in [-0.2, -0.15) is 0 Å². The smallest absolute Gasteiger partial charge is 0.231 e. The number of rotatable bonds is 2. The van der Waals surface area contributed by atoms with E-state index >= 15 is 0 Å². The zero-order valence-electron chi connectivity index (χ0n) is 9.84. The highest BCUT2D eigenvalue weighted by atomic mass is 16.2. The van der Waals surface area contributed by atoms with Gasteiger partial charge < -0.3 is 10.6 Å². The van der Waals surface area contributed by atoms with Crippen molar-refractivity contribution in [3.8, 4) is 0 Å². The first kappa shape index (κ1) is 11.1. The molecule has 1 aliphatic heterocycles. The van der Waals surface area contributed by atoms with E-state index in [0.717, 1.165) is 30.8 Å². The number of carbonyl (C=O) groups excluding carboxylic acids is 1. The highest BCUT2D eigenvalue weighted by Gasteiger charge is 2.36. The quantitative estimate of drug-likeness (QED) is 0.796. The van der Waals surface area contributed by atoms with Crippen LogP contribution in [0.2, 0.25) is 0 Å². The van der Waals surface area contributed by atoms with Gasteiger partial charge in [0.1, 0.15) is 0 Å². The van der Waals surface area contributed by atoms with Crippen LogP contribution >= 0.6 is 0 Å². The Bertz CT molecular complexity index is 395. The number of nitrogens with one attached hydrogen (secondary N) is 2. The summed E-state index contributed by atoms with van der Waals surface area (Å²) in [7, 11) is 0. The summed E-state index contributed by atoms with van der Waals surface area (Å²) in [5.74, 6) is 0.117. The zero-order chi connectivity index (χ0) is 11.6. The minimum atomic E-state index is -0.262. The van der Waals surface area contributed by atoms with Crippen molar-refractivity contribution < 1.29 is 4.79 Å². The number of benzene rings is 1. The Hall–Kier alpha value is -1.35. The van der Waals surface area contributed by atoms with E-state index in [-0.39, 0.29) is 11.3 Å². The molecule has 0 spiro atoms. The van der Waals surface area contributed by atoms with Gasteiger partial charge >= 0.3 is 0 Å². The van der Waals surface area contributed by atoms with Crippen LogP contribution in [-0.2, 0) is 4.79 Å². The lowest BCUT2D eigenvalue weighted by atomic mass is 9.88. The van der Waals surface area contributed by atoms with Crippen molar-refractivity contribution in [2.24, 2.45) is 5.41 Å². The second-order valence-electron chi connectivity index (χ2n) is 4.76. The normalized spacial score (nSPS) is 24.4. The van der Waals surface area contributed by atoms with Crippen molar-refractivity contribution in [2.75, 3.05) is 18.4 Å². The molecular formula is C13H18N2O. The standard InChI is InChI=1S/C13H18N2O/c1-10-5-3-4-6-11(10)15-12(16)13(2)7-8-14-9-13/h3-6,14H,7-9H2,1-2H3,(H,15,16). The topological polar surface area (TPSA) is 41.1 Å². The third kappa shape index (κ3) is 2.09. The lowest BCUT2D eigenvalue weighted by Crippen LogP contribution is -2.35. The lowest BCUT2D eigenvalue weighted by molar-refractivity contribution is -0.123. The molecule has 1 fully saturated rings. The van der Waals surface area contributed by atoms with Gasteiger partial charge in [-0.05, 0) is 38.4 Å². The van der Waals surface area contributed by atoms with Gasteiger partial charge in [0.25, 0.3) is 0 Å². The van der Waals surface area contributed by atoms with Crippen LogP contribution in [0.1, 0.15) is 18.9 Å². The first-order chi connectivity index (χ1) is 7.62. The van der Waals surface area contributed by atoms with Gasteiger partial charge in [0.2, 0.25) is 5.91 Å². The van der Waals surface area contributed by atoms with Crippen molar-refractivity contribution in [1.82, 2.24) is 5.32 Å². The molecule has 0 saturated carbocycles. The van der Waals surface area contributed by atoms with Gasteiger partial charge in [0, 0.05) is 12.2 Å². The third-order valence-corrected chi connectivity index (χ3v) is 3.31. The zero-order valence-corrected chi connectivity index (χ0v) is 9.84. The van der Waals surface area contributed by atoms with Crippen LogP contribution in [0.3, 0.4) is 0 Å². The monoisotopic (exact) mass is 218 g/mol. The van der Waals surface area contributed by atoms with Gasteiger partial charge in [-0.25, -0.2) is 0 Å². The highest BCUT2D eigenvalue weighted by Crippen LogP contribution is 2.27. The second kappa shape index (κ2) is 4.26. The number of para-hydroxylation sites is 1. The maximum Gasteiger partial charge on any atom is 0.231 e. The Morgan fingerprint density at radius 3 is 2.81 bits per heavy atom.